The second-order valence-electron chi connectivity index (χ2n) is 8.75. The summed E-state index contributed by atoms with van der Waals surface area (Å²) in [5.74, 6) is 1.46. The molecule has 0 atom stereocenters. The number of methoxy groups -OCH3 is 1. The van der Waals surface area contributed by atoms with Gasteiger partial charge in [0.2, 0.25) is 0 Å². The van der Waals surface area contributed by atoms with Gasteiger partial charge in [0.1, 0.15) is 17.0 Å². The molecule has 1 amide bonds. The van der Waals surface area contributed by atoms with Gasteiger partial charge in [-0.05, 0) is 55.7 Å². The van der Waals surface area contributed by atoms with Gasteiger partial charge in [-0.25, -0.2) is 4.98 Å². The van der Waals surface area contributed by atoms with Crippen LogP contribution in [0, 0.1) is 6.92 Å². The van der Waals surface area contributed by atoms with Crippen LogP contribution in [0.15, 0.2) is 36.4 Å². The average Bonchev–Trinajstić information content (AvgIpc) is 3.34. The number of ether oxygens (including phenoxy) is 3. The number of anilines is 1. The topological polar surface area (TPSA) is 64.1 Å². The van der Waals surface area contributed by atoms with Crippen LogP contribution in [0.4, 0.5) is 5.13 Å². The number of hydrogen-bond acceptors (Lipinski definition) is 7. The second kappa shape index (κ2) is 13.8. The molecular weight excluding hydrogens is 498 g/mol. The van der Waals surface area contributed by atoms with E-state index < -0.39 is 0 Å². The standard InChI is InChI=1S/C27H35N3O4S.ClH/c1-4-5-17-34-22-10-8-21(9-11-22)26(31)30(14-6-13-29-15-18-33-19-16-29)27-28-24-23(32-3)12-7-20(2)25(24)35-27;/h7-12H,4-6,13-19H2,1-3H3;1H. The van der Waals surface area contributed by atoms with Crippen LogP contribution >= 0.6 is 23.7 Å². The molecule has 0 spiro atoms. The third kappa shape index (κ3) is 6.88. The Kier molecular flexibility index (Phi) is 10.8. The van der Waals surface area contributed by atoms with E-state index >= 15 is 0 Å². The van der Waals surface area contributed by atoms with E-state index in [-0.39, 0.29) is 18.3 Å². The first-order valence-corrected chi connectivity index (χ1v) is 13.2. The molecule has 1 fully saturated rings. The van der Waals surface area contributed by atoms with Gasteiger partial charge in [-0.15, -0.1) is 12.4 Å². The van der Waals surface area contributed by atoms with Gasteiger partial charge >= 0.3 is 0 Å². The first-order valence-electron chi connectivity index (χ1n) is 12.4. The summed E-state index contributed by atoms with van der Waals surface area (Å²) in [6.45, 7) is 9.80. The summed E-state index contributed by atoms with van der Waals surface area (Å²) in [6, 6.07) is 11.4. The van der Waals surface area contributed by atoms with Crippen molar-refractivity contribution in [3.05, 3.63) is 47.5 Å². The highest BCUT2D eigenvalue weighted by molar-refractivity contribution is 7.22. The quantitative estimate of drug-likeness (QED) is 0.300. The molecule has 0 N–H and O–H groups in total. The van der Waals surface area contributed by atoms with Crippen LogP contribution in [0.25, 0.3) is 10.2 Å². The summed E-state index contributed by atoms with van der Waals surface area (Å²) < 4.78 is 17.8. The Morgan fingerprint density at radius 3 is 2.58 bits per heavy atom. The number of carbonyl (C=O) groups excluding carboxylic acids is 1. The zero-order valence-corrected chi connectivity index (χ0v) is 23.0. The van der Waals surface area contributed by atoms with Gasteiger partial charge in [0.05, 0.1) is 31.6 Å². The van der Waals surface area contributed by atoms with E-state index in [9.17, 15) is 4.79 Å². The largest absolute Gasteiger partial charge is 0.494 e. The van der Waals surface area contributed by atoms with Crippen LogP contribution in [-0.2, 0) is 4.74 Å². The van der Waals surface area contributed by atoms with Gasteiger partial charge in [-0.3, -0.25) is 14.6 Å². The molecule has 2 heterocycles. The van der Waals surface area contributed by atoms with Crippen molar-refractivity contribution in [2.45, 2.75) is 33.1 Å². The highest BCUT2D eigenvalue weighted by Crippen LogP contribution is 2.37. The SMILES string of the molecule is CCCCOc1ccc(C(=O)N(CCCN2CCOCC2)c2nc3c(OC)ccc(C)c3s2)cc1.Cl. The molecule has 7 nitrogen and oxygen atoms in total. The number of carbonyl (C=O) groups is 1. The van der Waals surface area contributed by atoms with Crippen molar-refractivity contribution >= 4 is 45.0 Å². The lowest BCUT2D eigenvalue weighted by molar-refractivity contribution is 0.0376. The summed E-state index contributed by atoms with van der Waals surface area (Å²) in [6.07, 6.45) is 2.95. The normalized spacial score (nSPS) is 13.9. The van der Waals surface area contributed by atoms with Crippen LogP contribution in [0.2, 0.25) is 0 Å². The van der Waals surface area contributed by atoms with Crippen molar-refractivity contribution < 1.29 is 19.0 Å². The van der Waals surface area contributed by atoms with Crippen LogP contribution < -0.4 is 14.4 Å². The third-order valence-corrected chi connectivity index (χ3v) is 7.43. The highest BCUT2D eigenvalue weighted by Gasteiger charge is 2.23. The van der Waals surface area contributed by atoms with Gasteiger partial charge in [-0.2, -0.15) is 0 Å². The summed E-state index contributed by atoms with van der Waals surface area (Å²) >= 11 is 1.54. The predicted octanol–water partition coefficient (Wildman–Crippen LogP) is 5.58. The Morgan fingerprint density at radius 1 is 1.14 bits per heavy atom. The van der Waals surface area contributed by atoms with E-state index in [4.69, 9.17) is 19.2 Å². The molecule has 196 valence electrons. The molecule has 0 unspecified atom stereocenters. The summed E-state index contributed by atoms with van der Waals surface area (Å²) in [4.78, 5) is 22.8. The molecule has 1 aliphatic heterocycles. The van der Waals surface area contributed by atoms with Gasteiger partial charge in [0.25, 0.3) is 5.91 Å². The van der Waals surface area contributed by atoms with Crippen molar-refractivity contribution in [3.63, 3.8) is 0 Å². The maximum absolute atomic E-state index is 13.7. The molecule has 0 radical (unpaired) electrons. The smallest absolute Gasteiger partial charge is 0.260 e. The minimum absolute atomic E-state index is 0. The number of rotatable bonds is 11. The monoisotopic (exact) mass is 533 g/mol. The second-order valence-corrected chi connectivity index (χ2v) is 9.73. The van der Waals surface area contributed by atoms with E-state index in [1.54, 1.807) is 18.4 Å². The fourth-order valence-corrected chi connectivity index (χ4v) is 5.20. The first-order chi connectivity index (χ1) is 17.1. The fraction of sp³-hybridized carbons (Fsp3) is 0.481. The van der Waals surface area contributed by atoms with Crippen LogP contribution in [0.1, 0.15) is 42.1 Å². The van der Waals surface area contributed by atoms with Crippen LogP contribution in [-0.4, -0.2) is 68.9 Å². The minimum Gasteiger partial charge on any atom is -0.494 e. The van der Waals surface area contributed by atoms with Crippen LogP contribution in [0.5, 0.6) is 11.5 Å². The first kappa shape index (κ1) is 28.2. The number of fused-ring (bicyclic) bond motifs is 1. The molecular formula is C27H36ClN3O4S. The van der Waals surface area contributed by atoms with Gasteiger partial charge in [0.15, 0.2) is 5.13 Å². The van der Waals surface area contributed by atoms with Crippen molar-refractivity contribution in [3.8, 4) is 11.5 Å². The Morgan fingerprint density at radius 2 is 1.89 bits per heavy atom. The number of hydrogen-bond donors (Lipinski definition) is 0. The summed E-state index contributed by atoms with van der Waals surface area (Å²) in [7, 11) is 1.65. The summed E-state index contributed by atoms with van der Waals surface area (Å²) in [5.41, 5.74) is 2.55. The Labute approximate surface area is 223 Å². The fourth-order valence-electron chi connectivity index (χ4n) is 4.12. The number of unbranched alkanes of at least 4 members (excludes halogenated alkanes) is 1. The van der Waals surface area contributed by atoms with Crippen LogP contribution in [0.3, 0.4) is 0 Å². The number of aromatic nitrogens is 1. The van der Waals surface area contributed by atoms with Crippen molar-refractivity contribution in [2.75, 3.05) is 58.0 Å². The number of aryl methyl sites for hydroxylation is 1. The molecule has 0 saturated carbocycles. The molecule has 1 aromatic heterocycles. The number of morpholine rings is 1. The number of halogens is 1. The van der Waals surface area contributed by atoms with Gasteiger partial charge < -0.3 is 14.2 Å². The van der Waals surface area contributed by atoms with E-state index in [1.165, 1.54) is 0 Å². The predicted molar refractivity (Wildman–Crippen MR) is 149 cm³/mol. The number of amides is 1. The van der Waals surface area contributed by atoms with Gasteiger partial charge in [-0.1, -0.05) is 30.7 Å². The third-order valence-electron chi connectivity index (χ3n) is 6.22. The molecule has 2 aromatic carbocycles. The lowest BCUT2D eigenvalue weighted by atomic mass is 10.2. The maximum Gasteiger partial charge on any atom is 0.260 e. The molecule has 1 aliphatic rings. The minimum atomic E-state index is -0.0530. The lowest BCUT2D eigenvalue weighted by Gasteiger charge is -2.27. The van der Waals surface area contributed by atoms with E-state index in [0.29, 0.717) is 23.8 Å². The average molecular weight is 534 g/mol. The Hall–Kier alpha value is -2.39. The van der Waals surface area contributed by atoms with Crippen molar-refractivity contribution in [1.82, 2.24) is 9.88 Å². The zero-order chi connectivity index (χ0) is 24.6. The number of nitrogens with zero attached hydrogens (tertiary/aromatic N) is 3. The maximum atomic E-state index is 13.7. The van der Waals surface area contributed by atoms with E-state index in [0.717, 1.165) is 79.4 Å². The molecule has 1 saturated heterocycles. The molecule has 3 aromatic rings. The number of benzene rings is 2. The molecule has 0 bridgehead atoms. The Bertz CT molecular complexity index is 1120. The molecule has 0 aliphatic carbocycles. The molecule has 9 heteroatoms. The lowest BCUT2D eigenvalue weighted by Crippen LogP contribution is -2.39. The van der Waals surface area contributed by atoms with Crippen molar-refractivity contribution in [2.24, 2.45) is 0 Å². The van der Waals surface area contributed by atoms with E-state index in [1.807, 2.05) is 41.3 Å². The van der Waals surface area contributed by atoms with Crippen molar-refractivity contribution in [1.29, 1.82) is 0 Å². The number of thiazole rings is 1. The molecule has 36 heavy (non-hydrogen) atoms. The Balaban J connectivity index is 0.00000361. The highest BCUT2D eigenvalue weighted by atomic mass is 35.5. The molecule has 4 rings (SSSR count). The zero-order valence-electron chi connectivity index (χ0n) is 21.3. The van der Waals surface area contributed by atoms with E-state index in [2.05, 4.69) is 18.7 Å². The van der Waals surface area contributed by atoms with Gasteiger partial charge in [0, 0.05) is 31.7 Å². The summed E-state index contributed by atoms with van der Waals surface area (Å²) in [5, 5.41) is 0.697.